The molecule has 0 bridgehead atoms. The SMILES string of the molecule is Cc1ccc(-c2csc(-c3ccc(CNC(=O)CCc4nc5ccccc5[nH]c4=O)cc3)n2)cc1. The van der Waals surface area contributed by atoms with Crippen LogP contribution in [0, 0.1) is 6.92 Å². The Hall–Kier alpha value is -4.10. The van der Waals surface area contributed by atoms with Crippen LogP contribution >= 0.6 is 11.3 Å². The van der Waals surface area contributed by atoms with Crippen molar-refractivity contribution in [1.82, 2.24) is 20.3 Å². The van der Waals surface area contributed by atoms with Crippen LogP contribution in [-0.4, -0.2) is 20.9 Å². The molecule has 35 heavy (non-hydrogen) atoms. The van der Waals surface area contributed by atoms with Crippen molar-refractivity contribution in [2.45, 2.75) is 26.3 Å². The normalized spacial score (nSPS) is 11.0. The molecule has 0 aliphatic rings. The summed E-state index contributed by atoms with van der Waals surface area (Å²) in [6, 6.07) is 23.8. The van der Waals surface area contributed by atoms with Crippen LogP contribution in [0.25, 0.3) is 32.9 Å². The number of rotatable bonds is 7. The van der Waals surface area contributed by atoms with E-state index in [1.807, 2.05) is 48.5 Å². The van der Waals surface area contributed by atoms with Crippen LogP contribution in [0.2, 0.25) is 0 Å². The Bertz CT molecular complexity index is 1540. The molecule has 0 saturated heterocycles. The topological polar surface area (TPSA) is 87.7 Å². The molecule has 0 atom stereocenters. The molecule has 0 aliphatic heterocycles. The van der Waals surface area contributed by atoms with E-state index in [0.29, 0.717) is 23.3 Å². The van der Waals surface area contributed by atoms with E-state index in [4.69, 9.17) is 4.98 Å². The minimum atomic E-state index is -0.250. The highest BCUT2D eigenvalue weighted by molar-refractivity contribution is 7.13. The van der Waals surface area contributed by atoms with Gasteiger partial charge in [-0.3, -0.25) is 9.59 Å². The molecule has 0 saturated carbocycles. The highest BCUT2D eigenvalue weighted by Crippen LogP contribution is 2.29. The van der Waals surface area contributed by atoms with Gasteiger partial charge in [0.05, 0.1) is 16.7 Å². The maximum atomic E-state index is 12.4. The number of para-hydroxylation sites is 2. The number of carbonyl (C=O) groups excluding carboxylic acids is 1. The summed E-state index contributed by atoms with van der Waals surface area (Å²) in [7, 11) is 0. The first-order valence-corrected chi connectivity index (χ1v) is 12.3. The van der Waals surface area contributed by atoms with Crippen LogP contribution in [0.3, 0.4) is 0 Å². The molecule has 2 aromatic heterocycles. The van der Waals surface area contributed by atoms with Crippen LogP contribution in [0.15, 0.2) is 83.0 Å². The van der Waals surface area contributed by atoms with Crippen molar-refractivity contribution in [2.24, 2.45) is 0 Å². The van der Waals surface area contributed by atoms with Gasteiger partial charge >= 0.3 is 0 Å². The first-order valence-electron chi connectivity index (χ1n) is 11.4. The van der Waals surface area contributed by atoms with Gasteiger partial charge in [0.1, 0.15) is 10.7 Å². The number of carbonyl (C=O) groups is 1. The van der Waals surface area contributed by atoms with Crippen molar-refractivity contribution in [1.29, 1.82) is 0 Å². The van der Waals surface area contributed by atoms with Crippen LogP contribution in [0.4, 0.5) is 0 Å². The lowest BCUT2D eigenvalue weighted by Crippen LogP contribution is -2.24. The Balaban J connectivity index is 1.16. The number of hydrogen-bond acceptors (Lipinski definition) is 5. The molecule has 174 valence electrons. The summed E-state index contributed by atoms with van der Waals surface area (Å²) in [5.74, 6) is -0.119. The third kappa shape index (κ3) is 5.36. The van der Waals surface area contributed by atoms with Gasteiger partial charge in [-0.25, -0.2) is 9.97 Å². The molecule has 6 nitrogen and oxygen atoms in total. The van der Waals surface area contributed by atoms with Crippen molar-refractivity contribution < 1.29 is 4.79 Å². The van der Waals surface area contributed by atoms with Crippen LogP contribution < -0.4 is 10.9 Å². The summed E-state index contributed by atoms with van der Waals surface area (Å²) < 4.78 is 0. The average molecular weight is 481 g/mol. The van der Waals surface area contributed by atoms with E-state index >= 15 is 0 Å². The highest BCUT2D eigenvalue weighted by atomic mass is 32.1. The van der Waals surface area contributed by atoms with Gasteiger partial charge in [0.25, 0.3) is 5.56 Å². The van der Waals surface area contributed by atoms with Gasteiger partial charge in [0, 0.05) is 35.9 Å². The van der Waals surface area contributed by atoms with Gasteiger partial charge in [-0.15, -0.1) is 11.3 Å². The average Bonchev–Trinajstić information content (AvgIpc) is 3.37. The highest BCUT2D eigenvalue weighted by Gasteiger charge is 2.10. The fourth-order valence-electron chi connectivity index (χ4n) is 3.79. The fraction of sp³-hybridized carbons (Fsp3) is 0.143. The quantitative estimate of drug-likeness (QED) is 0.332. The second-order valence-corrected chi connectivity index (χ2v) is 9.27. The second kappa shape index (κ2) is 10.0. The Morgan fingerprint density at radius 2 is 1.69 bits per heavy atom. The number of hydrogen-bond donors (Lipinski definition) is 2. The minimum absolute atomic E-state index is 0.119. The molecular formula is C28H24N4O2S. The Morgan fingerprint density at radius 3 is 2.49 bits per heavy atom. The van der Waals surface area contributed by atoms with E-state index < -0.39 is 0 Å². The number of aryl methyl sites for hydroxylation is 2. The van der Waals surface area contributed by atoms with E-state index in [1.165, 1.54) is 5.56 Å². The predicted molar refractivity (Wildman–Crippen MR) is 140 cm³/mol. The van der Waals surface area contributed by atoms with Gasteiger partial charge in [-0.05, 0) is 24.6 Å². The van der Waals surface area contributed by atoms with E-state index in [9.17, 15) is 9.59 Å². The summed E-state index contributed by atoms with van der Waals surface area (Å²) in [6.07, 6.45) is 0.492. The van der Waals surface area contributed by atoms with Gasteiger partial charge < -0.3 is 10.3 Å². The standard InChI is InChI=1S/C28H24N4O2S/c1-18-6-10-20(11-7-18)25-17-35-28(32-25)21-12-8-19(9-13-21)16-29-26(33)15-14-24-27(34)31-23-5-3-2-4-22(23)30-24/h2-13,17H,14-16H2,1H3,(H,29,33)(H,31,34). The van der Waals surface area contributed by atoms with Gasteiger partial charge in [-0.2, -0.15) is 0 Å². The van der Waals surface area contributed by atoms with Crippen LogP contribution in [0.1, 0.15) is 23.2 Å². The van der Waals surface area contributed by atoms with Gasteiger partial charge in [-0.1, -0.05) is 66.2 Å². The molecule has 2 heterocycles. The van der Waals surface area contributed by atoms with Crippen LogP contribution in [-0.2, 0) is 17.8 Å². The molecule has 5 rings (SSSR count). The molecule has 0 unspecified atom stereocenters. The second-order valence-electron chi connectivity index (χ2n) is 8.41. The number of nitrogens with one attached hydrogen (secondary N) is 2. The molecule has 0 fully saturated rings. The molecule has 7 heteroatoms. The fourth-order valence-corrected chi connectivity index (χ4v) is 4.62. The molecular weight excluding hydrogens is 456 g/mol. The largest absolute Gasteiger partial charge is 0.352 e. The zero-order valence-corrected chi connectivity index (χ0v) is 20.1. The molecule has 0 aliphatic carbocycles. The summed E-state index contributed by atoms with van der Waals surface area (Å²) in [6.45, 7) is 2.50. The number of benzene rings is 3. The van der Waals surface area contributed by atoms with Crippen molar-refractivity contribution >= 4 is 28.3 Å². The first kappa shape index (κ1) is 22.7. The first-order chi connectivity index (χ1) is 17.0. The summed E-state index contributed by atoms with van der Waals surface area (Å²) in [4.78, 5) is 36.6. The summed E-state index contributed by atoms with van der Waals surface area (Å²) in [5, 5.41) is 5.96. The smallest absolute Gasteiger partial charge is 0.270 e. The van der Waals surface area contributed by atoms with Crippen molar-refractivity contribution in [3.63, 3.8) is 0 Å². The van der Waals surface area contributed by atoms with E-state index in [1.54, 1.807) is 11.3 Å². The third-order valence-electron chi connectivity index (χ3n) is 5.80. The zero-order valence-electron chi connectivity index (χ0n) is 19.2. The maximum Gasteiger partial charge on any atom is 0.270 e. The number of H-pyrrole nitrogens is 1. The molecule has 3 aromatic carbocycles. The maximum absolute atomic E-state index is 12.4. The van der Waals surface area contributed by atoms with Gasteiger partial charge in [0.2, 0.25) is 5.91 Å². The Morgan fingerprint density at radius 1 is 0.943 bits per heavy atom. The number of amides is 1. The lowest BCUT2D eigenvalue weighted by Gasteiger charge is -2.06. The van der Waals surface area contributed by atoms with Crippen molar-refractivity contribution in [2.75, 3.05) is 0 Å². The molecule has 5 aromatic rings. The van der Waals surface area contributed by atoms with Crippen LogP contribution in [0.5, 0.6) is 0 Å². The number of aromatic amines is 1. The lowest BCUT2D eigenvalue weighted by atomic mass is 10.1. The Kier molecular flexibility index (Phi) is 6.50. The Labute approximate surface area is 206 Å². The van der Waals surface area contributed by atoms with Crippen molar-refractivity contribution in [3.8, 4) is 21.8 Å². The van der Waals surface area contributed by atoms with E-state index in [2.05, 4.69) is 51.9 Å². The predicted octanol–water partition coefficient (Wildman–Crippen LogP) is 5.27. The van der Waals surface area contributed by atoms with E-state index in [-0.39, 0.29) is 24.3 Å². The minimum Gasteiger partial charge on any atom is -0.352 e. The van der Waals surface area contributed by atoms with Gasteiger partial charge in [0.15, 0.2) is 0 Å². The number of nitrogens with zero attached hydrogens (tertiary/aromatic N) is 2. The summed E-state index contributed by atoms with van der Waals surface area (Å²) >= 11 is 1.62. The number of aromatic nitrogens is 3. The summed E-state index contributed by atoms with van der Waals surface area (Å²) in [5.41, 5.74) is 6.89. The lowest BCUT2D eigenvalue weighted by molar-refractivity contribution is -0.121. The van der Waals surface area contributed by atoms with E-state index in [0.717, 1.165) is 27.4 Å². The molecule has 0 spiro atoms. The monoisotopic (exact) mass is 480 g/mol. The number of thiazole rings is 1. The molecule has 2 N–H and O–H groups in total. The molecule has 1 amide bonds. The molecule has 0 radical (unpaired) electrons. The number of fused-ring (bicyclic) bond motifs is 1. The van der Waals surface area contributed by atoms with Crippen molar-refractivity contribution in [3.05, 3.63) is 105 Å². The third-order valence-corrected chi connectivity index (χ3v) is 6.69. The zero-order chi connectivity index (χ0) is 24.2.